The molecule has 0 aliphatic heterocycles. The predicted octanol–water partition coefficient (Wildman–Crippen LogP) is 1.49. The van der Waals surface area contributed by atoms with Crippen LogP contribution in [0.2, 0.25) is 0 Å². The molecule has 0 aromatic carbocycles. The first-order valence-electron chi connectivity index (χ1n) is 6.75. The molecule has 0 aromatic rings. The van der Waals surface area contributed by atoms with Gasteiger partial charge in [0.15, 0.2) is 0 Å². The van der Waals surface area contributed by atoms with E-state index < -0.39 is 15.7 Å². The van der Waals surface area contributed by atoms with Gasteiger partial charge in [-0.15, -0.1) is 0 Å². The van der Waals surface area contributed by atoms with Gasteiger partial charge in [-0.1, -0.05) is 20.8 Å². The van der Waals surface area contributed by atoms with E-state index in [9.17, 15) is 8.42 Å². The van der Waals surface area contributed by atoms with Gasteiger partial charge in [0.1, 0.15) is 0 Å². The molecule has 1 atom stereocenters. The van der Waals surface area contributed by atoms with Crippen molar-refractivity contribution in [3.05, 3.63) is 0 Å². The summed E-state index contributed by atoms with van der Waals surface area (Å²) in [5.74, 6) is 0. The highest BCUT2D eigenvalue weighted by Crippen LogP contribution is 2.17. The second-order valence-corrected chi connectivity index (χ2v) is 6.56. The van der Waals surface area contributed by atoms with Crippen LogP contribution in [-0.2, 0) is 10.2 Å². The molecule has 0 bridgehead atoms. The molecule has 18 heavy (non-hydrogen) atoms. The van der Waals surface area contributed by atoms with Gasteiger partial charge in [-0.25, -0.2) is 0 Å². The number of hydrogen-bond donors (Lipinski definition) is 2. The van der Waals surface area contributed by atoms with Gasteiger partial charge in [-0.2, -0.15) is 17.4 Å². The van der Waals surface area contributed by atoms with Crippen LogP contribution >= 0.6 is 0 Å². The first kappa shape index (κ1) is 17.8. The summed E-state index contributed by atoms with van der Waals surface area (Å²) in [5.41, 5.74) is -0.576. The van der Waals surface area contributed by atoms with Crippen molar-refractivity contribution in [1.82, 2.24) is 9.03 Å². The largest absolute Gasteiger partial charge is 0.396 e. The molecule has 0 saturated carbocycles. The van der Waals surface area contributed by atoms with E-state index in [1.165, 1.54) is 4.31 Å². The summed E-state index contributed by atoms with van der Waals surface area (Å²) >= 11 is 0. The maximum absolute atomic E-state index is 12.3. The highest BCUT2D eigenvalue weighted by atomic mass is 32.2. The van der Waals surface area contributed by atoms with Crippen molar-refractivity contribution >= 4 is 10.2 Å². The Bertz CT molecular complexity index is 313. The molecule has 1 unspecified atom stereocenters. The number of nitrogens with zero attached hydrogens (tertiary/aromatic N) is 1. The van der Waals surface area contributed by atoms with Gasteiger partial charge >= 0.3 is 0 Å². The number of aliphatic hydroxyl groups is 1. The second-order valence-electron chi connectivity index (χ2n) is 4.89. The number of aliphatic hydroxyl groups excluding tert-OH is 1. The van der Waals surface area contributed by atoms with Crippen LogP contribution in [0.3, 0.4) is 0 Å². The summed E-state index contributed by atoms with van der Waals surface area (Å²) in [7, 11) is -3.47. The molecule has 0 amide bonds. The lowest BCUT2D eigenvalue weighted by Crippen LogP contribution is -2.52. The Hall–Kier alpha value is -0.170. The fraction of sp³-hybridized carbons (Fsp3) is 1.00. The van der Waals surface area contributed by atoms with Crippen LogP contribution in [0.5, 0.6) is 0 Å². The lowest BCUT2D eigenvalue weighted by atomic mass is 9.97. The van der Waals surface area contributed by atoms with Gasteiger partial charge in [0.05, 0.1) is 0 Å². The van der Waals surface area contributed by atoms with Gasteiger partial charge in [0.25, 0.3) is 10.2 Å². The molecule has 0 aliphatic rings. The standard InChI is InChI=1S/C12H28N2O3S/c1-5-9-14(10-6-2)18(16,17)13-12(4,7-3)8-11-15/h13,15H,5-11H2,1-4H3. The smallest absolute Gasteiger partial charge is 0.279 e. The maximum Gasteiger partial charge on any atom is 0.279 e. The first-order chi connectivity index (χ1) is 8.35. The molecule has 0 radical (unpaired) electrons. The van der Waals surface area contributed by atoms with Crippen LogP contribution in [0.1, 0.15) is 53.4 Å². The monoisotopic (exact) mass is 280 g/mol. The summed E-state index contributed by atoms with van der Waals surface area (Å²) in [4.78, 5) is 0. The van der Waals surface area contributed by atoms with E-state index in [0.29, 0.717) is 25.9 Å². The molecular formula is C12H28N2O3S. The van der Waals surface area contributed by atoms with Crippen molar-refractivity contribution in [2.24, 2.45) is 0 Å². The van der Waals surface area contributed by atoms with Gasteiger partial charge in [-0.3, -0.25) is 0 Å². The lowest BCUT2D eigenvalue weighted by molar-refractivity contribution is 0.230. The van der Waals surface area contributed by atoms with Crippen LogP contribution < -0.4 is 4.72 Å². The van der Waals surface area contributed by atoms with E-state index in [0.717, 1.165) is 12.8 Å². The minimum absolute atomic E-state index is 0.0194. The summed E-state index contributed by atoms with van der Waals surface area (Å²) in [6, 6.07) is 0. The van der Waals surface area contributed by atoms with Gasteiger partial charge in [-0.05, 0) is 32.6 Å². The van der Waals surface area contributed by atoms with Crippen LogP contribution in [0.25, 0.3) is 0 Å². The number of nitrogens with one attached hydrogen (secondary N) is 1. The summed E-state index contributed by atoms with van der Waals surface area (Å²) in [6.07, 6.45) is 2.67. The summed E-state index contributed by atoms with van der Waals surface area (Å²) in [6.45, 7) is 8.72. The van der Waals surface area contributed by atoms with E-state index in [4.69, 9.17) is 5.11 Å². The van der Waals surface area contributed by atoms with Crippen LogP contribution in [0.15, 0.2) is 0 Å². The summed E-state index contributed by atoms with van der Waals surface area (Å²) < 4.78 is 28.8. The Morgan fingerprint density at radius 3 is 2.00 bits per heavy atom. The molecule has 0 rings (SSSR count). The molecule has 0 saturated heterocycles. The Labute approximate surface area is 112 Å². The minimum atomic E-state index is -3.47. The predicted molar refractivity (Wildman–Crippen MR) is 74.6 cm³/mol. The Balaban J connectivity index is 4.88. The van der Waals surface area contributed by atoms with Crippen LogP contribution in [-0.4, -0.2) is 43.1 Å². The number of hydrogen-bond acceptors (Lipinski definition) is 3. The normalized spacial score (nSPS) is 15.9. The minimum Gasteiger partial charge on any atom is -0.396 e. The zero-order valence-corrected chi connectivity index (χ0v) is 12.9. The Kier molecular flexibility index (Phi) is 8.02. The third kappa shape index (κ3) is 5.65. The van der Waals surface area contributed by atoms with Crippen molar-refractivity contribution in [2.75, 3.05) is 19.7 Å². The average Bonchev–Trinajstić information content (AvgIpc) is 2.28. The molecule has 0 spiro atoms. The molecular weight excluding hydrogens is 252 g/mol. The van der Waals surface area contributed by atoms with Crippen molar-refractivity contribution in [2.45, 2.75) is 58.9 Å². The third-order valence-corrected chi connectivity index (χ3v) is 4.90. The molecule has 0 fully saturated rings. The van der Waals surface area contributed by atoms with Crippen LogP contribution in [0, 0.1) is 0 Å². The zero-order chi connectivity index (χ0) is 14.2. The molecule has 6 heteroatoms. The SMILES string of the molecule is CCCN(CCC)S(=O)(=O)NC(C)(CC)CCO. The van der Waals surface area contributed by atoms with E-state index in [-0.39, 0.29) is 6.61 Å². The fourth-order valence-corrected chi connectivity index (χ4v) is 3.62. The zero-order valence-electron chi connectivity index (χ0n) is 12.1. The van der Waals surface area contributed by atoms with E-state index in [2.05, 4.69) is 4.72 Å². The summed E-state index contributed by atoms with van der Waals surface area (Å²) in [5, 5.41) is 9.03. The van der Waals surface area contributed by atoms with E-state index >= 15 is 0 Å². The average molecular weight is 280 g/mol. The topological polar surface area (TPSA) is 69.6 Å². The Morgan fingerprint density at radius 2 is 1.67 bits per heavy atom. The molecule has 110 valence electrons. The van der Waals surface area contributed by atoms with Gasteiger partial charge in [0, 0.05) is 25.2 Å². The quantitative estimate of drug-likeness (QED) is 0.637. The van der Waals surface area contributed by atoms with Crippen molar-refractivity contribution in [3.63, 3.8) is 0 Å². The molecule has 5 nitrogen and oxygen atoms in total. The fourth-order valence-electron chi connectivity index (χ4n) is 1.77. The van der Waals surface area contributed by atoms with E-state index in [1.54, 1.807) is 0 Å². The Morgan fingerprint density at radius 1 is 1.17 bits per heavy atom. The molecule has 0 heterocycles. The van der Waals surface area contributed by atoms with Gasteiger partial charge < -0.3 is 5.11 Å². The maximum atomic E-state index is 12.3. The highest BCUT2D eigenvalue weighted by Gasteiger charge is 2.30. The molecule has 0 aromatic heterocycles. The number of rotatable bonds is 10. The van der Waals surface area contributed by atoms with Crippen LogP contribution in [0.4, 0.5) is 0 Å². The van der Waals surface area contributed by atoms with Gasteiger partial charge in [0.2, 0.25) is 0 Å². The lowest BCUT2D eigenvalue weighted by Gasteiger charge is -2.32. The second kappa shape index (κ2) is 8.09. The first-order valence-corrected chi connectivity index (χ1v) is 8.19. The van der Waals surface area contributed by atoms with Crippen molar-refractivity contribution in [3.8, 4) is 0 Å². The third-order valence-electron chi connectivity index (χ3n) is 3.11. The highest BCUT2D eigenvalue weighted by molar-refractivity contribution is 7.87. The van der Waals surface area contributed by atoms with E-state index in [1.807, 2.05) is 27.7 Å². The molecule has 0 aliphatic carbocycles. The molecule has 2 N–H and O–H groups in total. The van der Waals surface area contributed by atoms with Crippen molar-refractivity contribution in [1.29, 1.82) is 0 Å². The van der Waals surface area contributed by atoms with Crippen molar-refractivity contribution < 1.29 is 13.5 Å².